The zero-order chi connectivity index (χ0) is 20.4. The summed E-state index contributed by atoms with van der Waals surface area (Å²) in [6.45, 7) is 4.01. The Labute approximate surface area is 172 Å². The number of thiophene rings is 1. The molecule has 0 aliphatic carbocycles. The lowest BCUT2D eigenvalue weighted by atomic mass is 10.1. The van der Waals surface area contributed by atoms with Crippen LogP contribution in [-0.4, -0.2) is 26.1 Å². The first-order valence-electron chi connectivity index (χ1n) is 9.88. The Morgan fingerprint density at radius 3 is 2.76 bits per heavy atom. The van der Waals surface area contributed by atoms with Crippen molar-refractivity contribution in [2.75, 3.05) is 0 Å². The Morgan fingerprint density at radius 1 is 1.21 bits per heavy atom. The summed E-state index contributed by atoms with van der Waals surface area (Å²) in [5.41, 5.74) is 2.55. The molecular formula is C22H24N4O2S. The molecule has 0 saturated carbocycles. The second-order valence-corrected chi connectivity index (χ2v) is 8.47. The molecule has 1 amide bonds. The third kappa shape index (κ3) is 4.10. The molecule has 0 bridgehead atoms. The summed E-state index contributed by atoms with van der Waals surface area (Å²) in [6, 6.07) is 14.2. The van der Waals surface area contributed by atoms with Crippen molar-refractivity contribution < 1.29 is 4.79 Å². The zero-order valence-corrected chi connectivity index (χ0v) is 17.4. The summed E-state index contributed by atoms with van der Waals surface area (Å²) < 4.78 is 4.11. The number of aromatic nitrogens is 3. The van der Waals surface area contributed by atoms with E-state index in [1.165, 1.54) is 15.1 Å². The number of rotatable bonds is 7. The highest BCUT2D eigenvalue weighted by Gasteiger charge is 2.14. The molecule has 3 heterocycles. The van der Waals surface area contributed by atoms with Crippen LogP contribution in [0.15, 0.2) is 53.6 Å². The van der Waals surface area contributed by atoms with Crippen molar-refractivity contribution >= 4 is 33.0 Å². The lowest BCUT2D eigenvalue weighted by molar-refractivity contribution is -0.122. The summed E-state index contributed by atoms with van der Waals surface area (Å²) in [5.74, 6) is -0.203. The first kappa shape index (κ1) is 19.4. The van der Waals surface area contributed by atoms with Gasteiger partial charge in [0.15, 0.2) is 0 Å². The Hall–Kier alpha value is -2.93. The summed E-state index contributed by atoms with van der Waals surface area (Å²) >= 11 is 1.69. The number of carbonyl (C=O) groups excluding carboxylic acids is 1. The van der Waals surface area contributed by atoms with E-state index in [-0.39, 0.29) is 24.1 Å². The molecular weight excluding hydrogens is 384 g/mol. The quantitative estimate of drug-likeness (QED) is 0.510. The highest BCUT2D eigenvalue weighted by Crippen LogP contribution is 2.28. The molecule has 0 aliphatic rings. The van der Waals surface area contributed by atoms with Crippen molar-refractivity contribution in [2.24, 2.45) is 0 Å². The van der Waals surface area contributed by atoms with Crippen molar-refractivity contribution in [3.05, 3.63) is 69.6 Å². The van der Waals surface area contributed by atoms with Crippen LogP contribution in [0.2, 0.25) is 0 Å². The zero-order valence-electron chi connectivity index (χ0n) is 16.6. The fourth-order valence-electron chi connectivity index (χ4n) is 3.49. The van der Waals surface area contributed by atoms with Crippen molar-refractivity contribution in [1.82, 2.24) is 19.5 Å². The topological polar surface area (TPSA) is 68.4 Å². The second-order valence-electron chi connectivity index (χ2n) is 7.30. The molecule has 29 heavy (non-hydrogen) atoms. The molecule has 4 aromatic rings. The molecule has 1 atom stereocenters. The van der Waals surface area contributed by atoms with E-state index < -0.39 is 0 Å². The van der Waals surface area contributed by atoms with E-state index in [2.05, 4.69) is 35.5 Å². The van der Waals surface area contributed by atoms with Crippen LogP contribution >= 0.6 is 11.3 Å². The molecule has 150 valence electrons. The number of carbonyl (C=O) groups is 1. The van der Waals surface area contributed by atoms with Gasteiger partial charge >= 0.3 is 0 Å². The number of nitrogens with zero attached hydrogens (tertiary/aromatic N) is 3. The first-order valence-corrected chi connectivity index (χ1v) is 10.7. The van der Waals surface area contributed by atoms with Gasteiger partial charge in [0.05, 0.1) is 10.2 Å². The van der Waals surface area contributed by atoms with Crippen molar-refractivity contribution in [3.63, 3.8) is 0 Å². The maximum absolute atomic E-state index is 12.8. The average molecular weight is 409 g/mol. The van der Waals surface area contributed by atoms with Gasteiger partial charge in [-0.1, -0.05) is 37.3 Å². The summed E-state index contributed by atoms with van der Waals surface area (Å²) in [6.07, 6.45) is 4.32. The molecule has 0 saturated heterocycles. The predicted octanol–water partition coefficient (Wildman–Crippen LogP) is 3.41. The fourth-order valence-corrected chi connectivity index (χ4v) is 4.52. The minimum atomic E-state index is -0.249. The van der Waals surface area contributed by atoms with Crippen LogP contribution in [0, 0.1) is 0 Å². The normalized spacial score (nSPS) is 12.5. The molecule has 4 rings (SSSR count). The highest BCUT2D eigenvalue weighted by atomic mass is 32.1. The maximum Gasteiger partial charge on any atom is 0.291 e. The number of amides is 1. The molecule has 3 aromatic heterocycles. The maximum atomic E-state index is 12.8. The van der Waals surface area contributed by atoms with Gasteiger partial charge in [0.25, 0.3) is 5.56 Å². The van der Waals surface area contributed by atoms with Crippen LogP contribution in [0.3, 0.4) is 0 Å². The fraction of sp³-hybridized carbons (Fsp3) is 0.318. The Kier molecular flexibility index (Phi) is 5.49. The predicted molar refractivity (Wildman–Crippen MR) is 117 cm³/mol. The van der Waals surface area contributed by atoms with Crippen LogP contribution < -0.4 is 10.9 Å². The molecule has 6 nitrogen and oxygen atoms in total. The van der Waals surface area contributed by atoms with Crippen molar-refractivity contribution in [2.45, 2.75) is 45.7 Å². The lowest BCUT2D eigenvalue weighted by Crippen LogP contribution is -2.38. The third-order valence-electron chi connectivity index (χ3n) is 5.10. The first-order chi connectivity index (χ1) is 14.0. The summed E-state index contributed by atoms with van der Waals surface area (Å²) in [7, 11) is 0. The van der Waals surface area contributed by atoms with E-state index in [1.54, 1.807) is 17.7 Å². The van der Waals surface area contributed by atoms with Gasteiger partial charge < -0.3 is 5.32 Å². The summed E-state index contributed by atoms with van der Waals surface area (Å²) in [4.78, 5) is 26.5. The molecule has 1 N–H and O–H groups in total. The van der Waals surface area contributed by atoms with Crippen LogP contribution in [0.25, 0.3) is 15.7 Å². The van der Waals surface area contributed by atoms with E-state index in [4.69, 9.17) is 0 Å². The van der Waals surface area contributed by atoms with Gasteiger partial charge in [-0.15, -0.1) is 11.3 Å². The van der Waals surface area contributed by atoms with E-state index >= 15 is 0 Å². The molecule has 0 fully saturated rings. The molecule has 0 unspecified atom stereocenters. The Morgan fingerprint density at radius 2 is 2.00 bits per heavy atom. The van der Waals surface area contributed by atoms with E-state index in [0.717, 1.165) is 29.5 Å². The van der Waals surface area contributed by atoms with Crippen LogP contribution in [0.5, 0.6) is 0 Å². The van der Waals surface area contributed by atoms with Gasteiger partial charge in [0.2, 0.25) is 5.91 Å². The number of benzene rings is 1. The third-order valence-corrected chi connectivity index (χ3v) is 6.31. The van der Waals surface area contributed by atoms with Gasteiger partial charge in [0, 0.05) is 10.9 Å². The average Bonchev–Trinajstić information content (AvgIpc) is 3.27. The van der Waals surface area contributed by atoms with Crippen LogP contribution in [0.1, 0.15) is 30.7 Å². The largest absolute Gasteiger partial charge is 0.352 e. The summed E-state index contributed by atoms with van der Waals surface area (Å²) in [5, 5.41) is 7.18. The van der Waals surface area contributed by atoms with Gasteiger partial charge in [-0.05, 0) is 43.9 Å². The standard InChI is InChI=1S/C22H24N4O2S/c1-3-17-11-18-20(29-17)12-19-22(28)26(23-14-25(18)19)13-21(27)24-15(2)9-10-16-7-5-4-6-8-16/h4-8,11-12,14-15H,3,9-10,13H2,1-2H3,(H,24,27)/t15-/m0/s1. The second kappa shape index (κ2) is 8.21. The highest BCUT2D eigenvalue weighted by molar-refractivity contribution is 7.19. The van der Waals surface area contributed by atoms with Gasteiger partial charge in [-0.3, -0.25) is 14.0 Å². The minimum absolute atomic E-state index is 0.0215. The Bertz CT molecular complexity index is 1210. The molecule has 0 radical (unpaired) electrons. The molecule has 1 aromatic carbocycles. The minimum Gasteiger partial charge on any atom is -0.352 e. The van der Waals surface area contributed by atoms with Gasteiger partial charge in [-0.25, -0.2) is 4.68 Å². The van der Waals surface area contributed by atoms with Crippen molar-refractivity contribution in [3.8, 4) is 0 Å². The Balaban J connectivity index is 1.43. The SMILES string of the molecule is CCc1cc2c(cc3c(=O)n(CC(=O)N[C@@H](C)CCc4ccccc4)ncn32)s1. The van der Waals surface area contributed by atoms with Gasteiger partial charge in [-0.2, -0.15) is 5.10 Å². The number of hydrogen-bond acceptors (Lipinski definition) is 4. The number of aryl methyl sites for hydroxylation is 2. The monoisotopic (exact) mass is 408 g/mol. The van der Waals surface area contributed by atoms with E-state index in [9.17, 15) is 9.59 Å². The number of nitrogens with one attached hydrogen (secondary N) is 1. The van der Waals surface area contributed by atoms with E-state index in [1.807, 2.05) is 35.6 Å². The number of fused-ring (bicyclic) bond motifs is 3. The van der Waals surface area contributed by atoms with Crippen LogP contribution in [0.4, 0.5) is 0 Å². The molecule has 0 aliphatic heterocycles. The molecule has 7 heteroatoms. The van der Waals surface area contributed by atoms with Crippen molar-refractivity contribution in [1.29, 1.82) is 0 Å². The van der Waals surface area contributed by atoms with E-state index in [0.29, 0.717) is 5.52 Å². The molecule has 0 spiro atoms. The lowest BCUT2D eigenvalue weighted by Gasteiger charge is -2.14. The van der Waals surface area contributed by atoms with Gasteiger partial charge in [0.1, 0.15) is 18.4 Å². The van der Waals surface area contributed by atoms with Crippen LogP contribution in [-0.2, 0) is 24.2 Å². The smallest absolute Gasteiger partial charge is 0.291 e. The number of hydrogen-bond donors (Lipinski definition) is 1.